The molecule has 0 aliphatic carbocycles. The van der Waals surface area contributed by atoms with Gasteiger partial charge in [0.1, 0.15) is 11.4 Å². The molecule has 2 aromatic carbocycles. The number of nitrogens with zero attached hydrogens (tertiary/aromatic N) is 2. The molecule has 0 unspecified atom stereocenters. The minimum Gasteiger partial charge on any atom is -0.318 e. The van der Waals surface area contributed by atoms with Crippen molar-refractivity contribution < 1.29 is 18.8 Å². The van der Waals surface area contributed by atoms with E-state index < -0.39 is 23.7 Å². The van der Waals surface area contributed by atoms with Crippen LogP contribution in [0.3, 0.4) is 0 Å². The van der Waals surface area contributed by atoms with Crippen molar-refractivity contribution >= 4 is 45.5 Å². The molecule has 0 atom stereocenters. The molecule has 6 nitrogen and oxygen atoms in total. The van der Waals surface area contributed by atoms with Crippen molar-refractivity contribution in [3.8, 4) is 5.69 Å². The van der Waals surface area contributed by atoms with Crippen molar-refractivity contribution in [2.75, 3.05) is 4.90 Å². The minimum absolute atomic E-state index is 0.168. The zero-order valence-corrected chi connectivity index (χ0v) is 18.2. The fourth-order valence-electron chi connectivity index (χ4n) is 3.58. The molecule has 156 valence electrons. The second-order valence-corrected chi connectivity index (χ2v) is 7.99. The maximum atomic E-state index is 13.2. The van der Waals surface area contributed by atoms with Crippen LogP contribution in [0.4, 0.5) is 14.9 Å². The van der Waals surface area contributed by atoms with Gasteiger partial charge in [-0.1, -0.05) is 22.0 Å². The molecular weight excluding hydrogens is 465 g/mol. The van der Waals surface area contributed by atoms with Crippen molar-refractivity contribution in [2.24, 2.45) is 0 Å². The Morgan fingerprint density at radius 1 is 0.968 bits per heavy atom. The largest absolute Gasteiger partial charge is 0.335 e. The van der Waals surface area contributed by atoms with Gasteiger partial charge in [0.25, 0.3) is 11.8 Å². The van der Waals surface area contributed by atoms with Crippen LogP contribution < -0.4 is 10.2 Å². The predicted octanol–water partition coefficient (Wildman–Crippen LogP) is 4.66. The third kappa shape index (κ3) is 3.82. The molecule has 1 saturated heterocycles. The first-order chi connectivity index (χ1) is 14.8. The summed E-state index contributed by atoms with van der Waals surface area (Å²) in [5.74, 6) is -2.05. The van der Waals surface area contributed by atoms with E-state index >= 15 is 0 Å². The highest BCUT2D eigenvalue weighted by Gasteiger charge is 2.37. The number of aryl methyl sites for hydroxylation is 1. The highest BCUT2D eigenvalue weighted by atomic mass is 79.9. The van der Waals surface area contributed by atoms with Crippen LogP contribution in [-0.4, -0.2) is 22.4 Å². The first kappa shape index (κ1) is 20.7. The molecule has 0 bridgehead atoms. The van der Waals surface area contributed by atoms with Gasteiger partial charge in [-0.3, -0.25) is 14.9 Å². The monoisotopic (exact) mass is 481 g/mol. The van der Waals surface area contributed by atoms with Crippen molar-refractivity contribution in [3.05, 3.63) is 87.4 Å². The van der Waals surface area contributed by atoms with Gasteiger partial charge >= 0.3 is 6.03 Å². The summed E-state index contributed by atoms with van der Waals surface area (Å²) in [6, 6.07) is 13.6. The van der Waals surface area contributed by atoms with E-state index in [4.69, 9.17) is 0 Å². The second kappa shape index (κ2) is 7.96. The summed E-state index contributed by atoms with van der Waals surface area (Å²) in [7, 11) is 0. The molecule has 4 amide bonds. The number of urea groups is 1. The van der Waals surface area contributed by atoms with Gasteiger partial charge in [-0.2, -0.15) is 0 Å². The first-order valence-electron chi connectivity index (χ1n) is 9.38. The average molecular weight is 482 g/mol. The normalized spacial score (nSPS) is 15.5. The van der Waals surface area contributed by atoms with E-state index in [1.54, 1.807) is 0 Å². The summed E-state index contributed by atoms with van der Waals surface area (Å²) in [6.07, 6.45) is 1.47. The van der Waals surface area contributed by atoms with Crippen molar-refractivity contribution in [1.82, 2.24) is 9.88 Å². The van der Waals surface area contributed by atoms with E-state index in [9.17, 15) is 18.8 Å². The predicted molar refractivity (Wildman–Crippen MR) is 118 cm³/mol. The summed E-state index contributed by atoms with van der Waals surface area (Å²) in [6.45, 7) is 3.81. The Bertz CT molecular complexity index is 1260. The average Bonchev–Trinajstić information content (AvgIpc) is 2.99. The van der Waals surface area contributed by atoms with Crippen LogP contribution in [0.15, 0.2) is 64.6 Å². The van der Waals surface area contributed by atoms with Gasteiger partial charge in [0.15, 0.2) is 0 Å². The molecular formula is C23H17BrFN3O3. The SMILES string of the molecule is Cc1cc(/C=C2\C(=O)NC(=O)N(c3ccc(F)cc3)C2=O)c(C)n1-c1cccc(Br)c1. The fraction of sp³-hybridized carbons (Fsp3) is 0.0870. The Balaban J connectivity index is 1.76. The fourth-order valence-corrected chi connectivity index (χ4v) is 3.97. The molecule has 4 rings (SSSR count). The number of benzene rings is 2. The standard InChI is InChI=1S/C23H17BrFN3O3/c1-13-10-15(14(2)27(13)19-5-3-4-16(24)12-19)11-20-21(29)26-23(31)28(22(20)30)18-8-6-17(25)7-9-18/h3-12H,1-2H3,(H,26,29,31)/b20-11+. The molecule has 0 saturated carbocycles. The molecule has 1 aromatic heterocycles. The summed E-state index contributed by atoms with van der Waals surface area (Å²) in [5.41, 5.74) is 3.33. The maximum Gasteiger partial charge on any atom is 0.335 e. The first-order valence-corrected chi connectivity index (χ1v) is 10.2. The number of nitrogens with one attached hydrogen (secondary N) is 1. The van der Waals surface area contributed by atoms with Crippen LogP contribution in [0, 0.1) is 19.7 Å². The number of rotatable bonds is 3. The number of hydrogen-bond donors (Lipinski definition) is 1. The summed E-state index contributed by atoms with van der Waals surface area (Å²) in [4.78, 5) is 38.6. The molecule has 3 aromatic rings. The van der Waals surface area contributed by atoms with E-state index in [-0.39, 0.29) is 11.3 Å². The lowest BCUT2D eigenvalue weighted by molar-refractivity contribution is -0.122. The molecule has 1 N–H and O–H groups in total. The van der Waals surface area contributed by atoms with Gasteiger partial charge in [-0.15, -0.1) is 0 Å². The Morgan fingerprint density at radius 3 is 2.35 bits per heavy atom. The Morgan fingerprint density at radius 2 is 1.68 bits per heavy atom. The van der Waals surface area contributed by atoms with E-state index in [0.717, 1.165) is 38.6 Å². The third-order valence-corrected chi connectivity index (χ3v) is 5.52. The minimum atomic E-state index is -0.877. The lowest BCUT2D eigenvalue weighted by Crippen LogP contribution is -2.54. The summed E-state index contributed by atoms with van der Waals surface area (Å²) in [5, 5.41) is 2.18. The van der Waals surface area contributed by atoms with Crippen molar-refractivity contribution in [1.29, 1.82) is 0 Å². The molecule has 0 spiro atoms. The third-order valence-electron chi connectivity index (χ3n) is 5.02. The molecule has 31 heavy (non-hydrogen) atoms. The Kier molecular flexibility index (Phi) is 5.32. The highest BCUT2D eigenvalue weighted by Crippen LogP contribution is 2.27. The van der Waals surface area contributed by atoms with Gasteiger partial charge in [-0.25, -0.2) is 14.1 Å². The number of anilines is 1. The number of aromatic nitrogens is 1. The van der Waals surface area contributed by atoms with Gasteiger partial charge in [0.05, 0.1) is 5.69 Å². The quantitative estimate of drug-likeness (QED) is 0.436. The van der Waals surface area contributed by atoms with Gasteiger partial charge < -0.3 is 4.57 Å². The van der Waals surface area contributed by atoms with E-state index in [0.29, 0.717) is 5.56 Å². The molecule has 0 radical (unpaired) electrons. The zero-order chi connectivity index (χ0) is 22.3. The second-order valence-electron chi connectivity index (χ2n) is 7.08. The number of halogens is 2. The Labute approximate surface area is 186 Å². The lowest BCUT2D eigenvalue weighted by atomic mass is 10.1. The topological polar surface area (TPSA) is 71.4 Å². The number of barbiturate groups is 1. The molecule has 1 aliphatic heterocycles. The molecule has 1 aliphatic rings. The van der Waals surface area contributed by atoms with Gasteiger partial charge in [0.2, 0.25) is 0 Å². The molecule has 1 fully saturated rings. The summed E-state index contributed by atoms with van der Waals surface area (Å²) < 4.78 is 16.2. The van der Waals surface area contributed by atoms with Crippen LogP contribution in [0.25, 0.3) is 11.8 Å². The highest BCUT2D eigenvalue weighted by molar-refractivity contribution is 9.10. The number of carbonyl (C=O) groups excluding carboxylic acids is 3. The Hall–Kier alpha value is -3.52. The van der Waals surface area contributed by atoms with Gasteiger partial charge in [0, 0.05) is 21.5 Å². The van der Waals surface area contributed by atoms with E-state index in [2.05, 4.69) is 21.2 Å². The molecule has 8 heteroatoms. The smallest absolute Gasteiger partial charge is 0.318 e. The van der Waals surface area contributed by atoms with Crippen molar-refractivity contribution in [3.63, 3.8) is 0 Å². The van der Waals surface area contributed by atoms with E-state index in [1.165, 1.54) is 18.2 Å². The number of carbonyl (C=O) groups is 3. The van der Waals surface area contributed by atoms with Gasteiger partial charge in [-0.05, 0) is 74.0 Å². The van der Waals surface area contributed by atoms with Crippen LogP contribution >= 0.6 is 15.9 Å². The van der Waals surface area contributed by atoms with Crippen LogP contribution in [-0.2, 0) is 9.59 Å². The number of amides is 4. The maximum absolute atomic E-state index is 13.2. The zero-order valence-electron chi connectivity index (χ0n) is 16.6. The molecule has 2 heterocycles. The van der Waals surface area contributed by atoms with Crippen LogP contribution in [0.1, 0.15) is 17.0 Å². The summed E-state index contributed by atoms with van der Waals surface area (Å²) >= 11 is 3.47. The number of hydrogen-bond acceptors (Lipinski definition) is 3. The van der Waals surface area contributed by atoms with Crippen LogP contribution in [0.5, 0.6) is 0 Å². The van der Waals surface area contributed by atoms with Crippen LogP contribution in [0.2, 0.25) is 0 Å². The van der Waals surface area contributed by atoms with Crippen molar-refractivity contribution in [2.45, 2.75) is 13.8 Å². The number of imide groups is 2. The van der Waals surface area contributed by atoms with E-state index in [1.807, 2.05) is 48.7 Å². The lowest BCUT2D eigenvalue weighted by Gasteiger charge is -2.26.